The molecule has 2 nitrogen and oxygen atoms in total. The highest BCUT2D eigenvalue weighted by atomic mass is 15.1. The summed E-state index contributed by atoms with van der Waals surface area (Å²) >= 11 is 0. The third kappa shape index (κ3) is 6.28. The van der Waals surface area contributed by atoms with Crippen LogP contribution in [0.5, 0.6) is 0 Å². The lowest BCUT2D eigenvalue weighted by molar-refractivity contribution is 0.588. The van der Waals surface area contributed by atoms with Gasteiger partial charge in [0.1, 0.15) is 0 Å². The van der Waals surface area contributed by atoms with E-state index in [4.69, 9.17) is 0 Å². The van der Waals surface area contributed by atoms with Crippen molar-refractivity contribution in [3.8, 4) is 33.6 Å². The van der Waals surface area contributed by atoms with Gasteiger partial charge in [0.25, 0.3) is 6.71 Å². The number of hydrogen-bond acceptors (Lipinski definition) is 0. The summed E-state index contributed by atoms with van der Waals surface area (Å²) < 4.78 is 5.64. The van der Waals surface area contributed by atoms with E-state index in [9.17, 15) is 0 Å². The van der Waals surface area contributed by atoms with Crippen LogP contribution in [-0.2, 0) is 37.9 Å². The number of hydrogen-bond donors (Lipinski definition) is 0. The van der Waals surface area contributed by atoms with E-state index in [1.165, 1.54) is 160 Å². The molecule has 5 heterocycles. The molecule has 0 saturated carbocycles. The van der Waals surface area contributed by atoms with Crippen LogP contribution in [0, 0.1) is 0 Å². The van der Waals surface area contributed by atoms with Crippen molar-refractivity contribution in [3.05, 3.63) is 195 Å². The maximum Gasteiger partial charge on any atom is 0.252 e. The van der Waals surface area contributed by atoms with E-state index in [-0.39, 0.29) is 39.2 Å². The van der Waals surface area contributed by atoms with E-state index >= 15 is 0 Å². The van der Waals surface area contributed by atoms with Crippen molar-refractivity contribution in [2.75, 3.05) is 0 Å². The van der Waals surface area contributed by atoms with Gasteiger partial charge in [0.05, 0.1) is 22.1 Å². The van der Waals surface area contributed by atoms with Crippen LogP contribution in [0.2, 0.25) is 0 Å². The summed E-state index contributed by atoms with van der Waals surface area (Å²) in [5, 5.41) is 8.09. The zero-order chi connectivity index (χ0) is 56.2. The van der Waals surface area contributed by atoms with E-state index in [2.05, 4.69) is 273 Å². The first-order valence-corrected chi connectivity index (χ1v) is 29.8. The van der Waals surface area contributed by atoms with Crippen LogP contribution >= 0.6 is 0 Å². The molecule has 9 aromatic carbocycles. The largest absolute Gasteiger partial charge is 0.310 e. The average molecular weight is 1040 g/mol. The van der Waals surface area contributed by atoms with Crippen molar-refractivity contribution in [3.63, 3.8) is 0 Å². The standard InChI is InChI=1S/C77H77BN2/c1-71(2,3)42-30-33-63-50(34-42)51-36-44(73(7,8)9)39-61-67(51)79(63)69-54(64-49-26-23-29-55(75(13,14)15)48(49)31-32-58(64)76(16,17)18)41-60-70-65(69)78(61)62-40-45(74(10,11)12)37-53-52-35-43(72(4,5)6)38-59(66(52)80(70)68(53)62)77(60)56-27-21-19-24-46(56)47-25-20-22-28-57(47)77/h19-41H,1-18H3. The van der Waals surface area contributed by atoms with Gasteiger partial charge in [0.15, 0.2) is 0 Å². The highest BCUT2D eigenvalue weighted by molar-refractivity contribution is 7.00. The van der Waals surface area contributed by atoms with Gasteiger partial charge in [0.2, 0.25) is 0 Å². The van der Waals surface area contributed by atoms with E-state index in [0.717, 1.165) is 0 Å². The van der Waals surface area contributed by atoms with Crippen molar-refractivity contribution in [1.82, 2.24) is 9.13 Å². The molecule has 3 heteroatoms. The molecule has 11 aromatic rings. The topological polar surface area (TPSA) is 9.86 Å². The van der Waals surface area contributed by atoms with Crippen LogP contribution in [0.1, 0.15) is 180 Å². The molecule has 0 unspecified atom stereocenters. The van der Waals surface area contributed by atoms with Crippen LogP contribution in [0.15, 0.2) is 140 Å². The molecular formula is C77H77BN2. The molecule has 398 valence electrons. The second-order valence-corrected chi connectivity index (χ2v) is 31.0. The second kappa shape index (κ2) is 15.3. The van der Waals surface area contributed by atoms with Gasteiger partial charge in [-0.3, -0.25) is 0 Å². The Morgan fingerprint density at radius 3 is 1.40 bits per heavy atom. The number of aromatic nitrogens is 2. The van der Waals surface area contributed by atoms with Gasteiger partial charge < -0.3 is 9.13 Å². The highest BCUT2D eigenvalue weighted by Gasteiger charge is 2.56. The minimum atomic E-state index is -0.655. The van der Waals surface area contributed by atoms with Gasteiger partial charge in [-0.25, -0.2) is 0 Å². The fourth-order valence-corrected chi connectivity index (χ4v) is 15.7. The fraction of sp³-hybridized carbons (Fsp3) is 0.325. The normalized spacial score (nSPS) is 15.2. The van der Waals surface area contributed by atoms with Gasteiger partial charge in [-0.1, -0.05) is 228 Å². The summed E-state index contributed by atoms with van der Waals surface area (Å²) in [6.45, 7) is 43.3. The van der Waals surface area contributed by atoms with Gasteiger partial charge in [-0.15, -0.1) is 0 Å². The molecule has 0 atom stereocenters. The van der Waals surface area contributed by atoms with Crippen molar-refractivity contribution >= 4 is 77.5 Å². The van der Waals surface area contributed by atoms with Crippen LogP contribution < -0.4 is 16.4 Å². The van der Waals surface area contributed by atoms with E-state index < -0.39 is 5.41 Å². The molecule has 4 aliphatic rings. The number of benzene rings is 9. The lowest BCUT2D eigenvalue weighted by atomic mass is 9.33. The predicted octanol–water partition coefficient (Wildman–Crippen LogP) is 18.3. The molecule has 3 aliphatic heterocycles. The first-order valence-electron chi connectivity index (χ1n) is 29.8. The molecule has 0 saturated heterocycles. The lowest BCUT2D eigenvalue weighted by Gasteiger charge is -2.45. The Balaban J connectivity index is 1.29. The molecule has 1 spiro atoms. The predicted molar refractivity (Wildman–Crippen MR) is 346 cm³/mol. The summed E-state index contributed by atoms with van der Waals surface area (Å²) in [6, 6.07) is 57.2. The molecule has 0 amide bonds. The van der Waals surface area contributed by atoms with E-state index in [0.29, 0.717) is 0 Å². The maximum atomic E-state index is 2.84. The molecule has 0 N–H and O–H groups in total. The highest BCUT2D eigenvalue weighted by Crippen LogP contribution is 2.63. The quantitative estimate of drug-likeness (QED) is 0.145. The third-order valence-corrected chi connectivity index (χ3v) is 19.7. The summed E-state index contributed by atoms with van der Waals surface area (Å²) in [5.74, 6) is 0. The molecule has 15 rings (SSSR count). The van der Waals surface area contributed by atoms with E-state index in [1.807, 2.05) is 0 Å². The first-order chi connectivity index (χ1) is 37.5. The monoisotopic (exact) mass is 1040 g/mol. The first kappa shape index (κ1) is 49.9. The number of rotatable bonds is 1. The van der Waals surface area contributed by atoms with Crippen LogP contribution in [0.3, 0.4) is 0 Å². The van der Waals surface area contributed by atoms with Crippen molar-refractivity contribution in [2.45, 2.75) is 163 Å². The zero-order valence-electron chi connectivity index (χ0n) is 50.8. The van der Waals surface area contributed by atoms with Crippen molar-refractivity contribution in [2.24, 2.45) is 0 Å². The fourth-order valence-electron chi connectivity index (χ4n) is 15.7. The minimum Gasteiger partial charge on any atom is -0.310 e. The Hall–Kier alpha value is -7.10. The van der Waals surface area contributed by atoms with Crippen LogP contribution in [-0.4, -0.2) is 15.8 Å². The Kier molecular flexibility index (Phi) is 9.52. The van der Waals surface area contributed by atoms with Gasteiger partial charge in [0, 0.05) is 43.8 Å². The molecule has 0 radical (unpaired) electrons. The average Bonchev–Trinajstić information content (AvgIpc) is 3.45. The molecule has 1 aliphatic carbocycles. The van der Waals surface area contributed by atoms with E-state index in [1.54, 1.807) is 0 Å². The summed E-state index contributed by atoms with van der Waals surface area (Å²) in [6.07, 6.45) is 0. The molecule has 0 bridgehead atoms. The van der Waals surface area contributed by atoms with Crippen LogP contribution in [0.25, 0.3) is 88.0 Å². The van der Waals surface area contributed by atoms with Gasteiger partial charge in [-0.05, 0) is 168 Å². The lowest BCUT2D eigenvalue weighted by Crippen LogP contribution is -2.61. The minimum absolute atomic E-state index is 0.0352. The maximum absolute atomic E-state index is 2.84. The Morgan fingerprint density at radius 1 is 0.325 bits per heavy atom. The summed E-state index contributed by atoms with van der Waals surface area (Å²) in [7, 11) is 0. The second-order valence-electron chi connectivity index (χ2n) is 31.0. The van der Waals surface area contributed by atoms with Crippen molar-refractivity contribution in [1.29, 1.82) is 0 Å². The summed E-state index contributed by atoms with van der Waals surface area (Å²) in [4.78, 5) is 0. The third-order valence-electron chi connectivity index (χ3n) is 19.7. The Bertz CT molecular complexity index is 4590. The molecule has 80 heavy (non-hydrogen) atoms. The van der Waals surface area contributed by atoms with Crippen molar-refractivity contribution < 1.29 is 0 Å². The Morgan fingerprint density at radius 2 is 0.838 bits per heavy atom. The molecule has 0 fully saturated rings. The Labute approximate surface area is 475 Å². The number of fused-ring (bicyclic) bond motifs is 15. The molecular weight excluding hydrogens is 964 g/mol. The summed E-state index contributed by atoms with van der Waals surface area (Å²) in [5.41, 5.74) is 30.2. The van der Waals surface area contributed by atoms with Crippen LogP contribution in [0.4, 0.5) is 0 Å². The van der Waals surface area contributed by atoms with Gasteiger partial charge >= 0.3 is 0 Å². The SMILES string of the molecule is CC(C)(C)c1ccc2c(c1)c1cc(C(C)(C)C)cc3c1n2-c1c(-c2c(C(C)(C)C)ccc4c(C(C)(C)C)cccc24)cc2c4c1B3c1cc(C(C)(C)C)cc3c5cc(C(C)(C)C)cc(c5n-4c13)C21c2ccccc2-c2ccccc21. The number of nitrogens with zero attached hydrogens (tertiary/aromatic N) is 2. The zero-order valence-corrected chi connectivity index (χ0v) is 50.8. The molecule has 2 aromatic heterocycles. The van der Waals surface area contributed by atoms with Gasteiger partial charge in [-0.2, -0.15) is 0 Å². The smallest absolute Gasteiger partial charge is 0.252 e.